The maximum absolute atomic E-state index is 12.8. The molecule has 0 aliphatic carbocycles. The van der Waals surface area contributed by atoms with Crippen molar-refractivity contribution in [2.45, 2.75) is 6.54 Å². The molecule has 0 aromatic heterocycles. The van der Waals surface area contributed by atoms with E-state index in [0.29, 0.717) is 28.9 Å². The number of amides is 2. The van der Waals surface area contributed by atoms with Crippen molar-refractivity contribution >= 4 is 56.4 Å². The zero-order chi connectivity index (χ0) is 25.6. The maximum atomic E-state index is 12.8. The predicted octanol–water partition coefficient (Wildman–Crippen LogP) is 5.13. The summed E-state index contributed by atoms with van der Waals surface area (Å²) in [5.41, 5.74) is 1.91. The Morgan fingerprint density at radius 2 is 1.66 bits per heavy atom. The summed E-state index contributed by atoms with van der Waals surface area (Å²) in [6.07, 6.45) is 2.64. The van der Waals surface area contributed by atoms with Crippen LogP contribution < -0.4 is 14.9 Å². The summed E-state index contributed by atoms with van der Waals surface area (Å²) < 4.78 is 26.1. The van der Waals surface area contributed by atoms with Crippen molar-refractivity contribution in [1.82, 2.24) is 5.32 Å². The van der Waals surface area contributed by atoms with Crippen LogP contribution in [0.2, 0.25) is 10.0 Å². The number of nitrogens with one attached hydrogen (secondary N) is 2. The van der Waals surface area contributed by atoms with E-state index in [2.05, 4.69) is 17.2 Å². The van der Waals surface area contributed by atoms with Crippen molar-refractivity contribution in [1.29, 1.82) is 0 Å². The first-order chi connectivity index (χ1) is 16.6. The zero-order valence-corrected chi connectivity index (χ0v) is 21.1. The molecule has 0 aliphatic rings. The highest BCUT2D eigenvalue weighted by Gasteiger charge is 2.22. The molecule has 182 valence electrons. The monoisotopic (exact) mass is 531 g/mol. The number of anilines is 2. The number of para-hydroxylation sites is 1. The van der Waals surface area contributed by atoms with Crippen LogP contribution in [0, 0.1) is 0 Å². The lowest BCUT2D eigenvalue weighted by Crippen LogP contribution is -2.29. The molecule has 3 aromatic carbocycles. The van der Waals surface area contributed by atoms with E-state index in [4.69, 9.17) is 23.2 Å². The lowest BCUT2D eigenvalue weighted by atomic mass is 10.1. The van der Waals surface area contributed by atoms with Crippen LogP contribution >= 0.6 is 23.2 Å². The minimum absolute atomic E-state index is 0.00684. The van der Waals surface area contributed by atoms with Crippen LogP contribution in [-0.2, 0) is 16.6 Å². The van der Waals surface area contributed by atoms with Crippen molar-refractivity contribution in [2.75, 3.05) is 22.4 Å². The number of carbonyl (C=O) groups excluding carboxylic acids is 2. The molecule has 0 radical (unpaired) electrons. The van der Waals surface area contributed by atoms with Gasteiger partial charge in [0.25, 0.3) is 11.8 Å². The van der Waals surface area contributed by atoms with E-state index >= 15 is 0 Å². The van der Waals surface area contributed by atoms with Gasteiger partial charge in [-0.15, -0.1) is 6.58 Å². The molecule has 0 unspecified atom stereocenters. The van der Waals surface area contributed by atoms with Crippen LogP contribution in [0.4, 0.5) is 11.4 Å². The van der Waals surface area contributed by atoms with E-state index in [-0.39, 0.29) is 28.2 Å². The predicted molar refractivity (Wildman–Crippen MR) is 141 cm³/mol. The molecule has 0 aliphatic heterocycles. The van der Waals surface area contributed by atoms with E-state index in [1.165, 1.54) is 0 Å². The standard InChI is InChI=1S/C25H23Cl2N3O4S/c1-3-15-28-25(32)19-7-4-5-9-21(19)29-24(31)18-13-11-17(12-14-18)16-30(35(2,33)34)22-10-6-8-20(26)23(22)27/h3-14H,1,15-16H2,2H3,(H,28,32)(H,29,31). The normalized spacial score (nSPS) is 10.9. The van der Waals surface area contributed by atoms with Crippen LogP contribution in [0.15, 0.2) is 79.4 Å². The van der Waals surface area contributed by atoms with Gasteiger partial charge in [0.15, 0.2) is 0 Å². The van der Waals surface area contributed by atoms with Crippen molar-refractivity contribution in [3.63, 3.8) is 0 Å². The molecular weight excluding hydrogens is 509 g/mol. The minimum atomic E-state index is -3.68. The van der Waals surface area contributed by atoms with Crippen LogP contribution in [0.25, 0.3) is 0 Å². The topological polar surface area (TPSA) is 95.6 Å². The Kier molecular flexibility index (Phi) is 8.56. The van der Waals surface area contributed by atoms with Gasteiger partial charge in [-0.3, -0.25) is 13.9 Å². The van der Waals surface area contributed by atoms with Gasteiger partial charge in [-0.05, 0) is 42.0 Å². The second-order valence-electron chi connectivity index (χ2n) is 7.54. The number of halogens is 2. The summed E-state index contributed by atoms with van der Waals surface area (Å²) in [5.74, 6) is -0.755. The fourth-order valence-electron chi connectivity index (χ4n) is 3.24. The summed E-state index contributed by atoms with van der Waals surface area (Å²) in [5, 5.41) is 5.80. The highest BCUT2D eigenvalue weighted by atomic mass is 35.5. The smallest absolute Gasteiger partial charge is 0.255 e. The number of rotatable bonds is 9. The molecule has 35 heavy (non-hydrogen) atoms. The summed E-state index contributed by atoms with van der Waals surface area (Å²) in [6.45, 7) is 3.86. The fraction of sp³-hybridized carbons (Fsp3) is 0.120. The van der Waals surface area contributed by atoms with E-state index in [0.717, 1.165) is 10.6 Å². The number of nitrogens with zero attached hydrogens (tertiary/aromatic N) is 1. The third-order valence-corrected chi connectivity index (χ3v) is 6.90. The number of hydrogen-bond donors (Lipinski definition) is 2. The molecule has 0 spiro atoms. The Bertz CT molecular complexity index is 1360. The van der Waals surface area contributed by atoms with E-state index < -0.39 is 15.9 Å². The zero-order valence-electron chi connectivity index (χ0n) is 18.8. The Labute approximate surface area is 214 Å². The second kappa shape index (κ2) is 11.4. The highest BCUT2D eigenvalue weighted by molar-refractivity contribution is 7.92. The Morgan fingerprint density at radius 1 is 0.971 bits per heavy atom. The quantitative estimate of drug-likeness (QED) is 0.374. The van der Waals surface area contributed by atoms with E-state index in [1.807, 2.05) is 0 Å². The third-order valence-electron chi connectivity index (χ3n) is 4.97. The first-order valence-corrected chi connectivity index (χ1v) is 13.0. The van der Waals surface area contributed by atoms with Gasteiger partial charge in [-0.1, -0.05) is 59.6 Å². The molecule has 0 fully saturated rings. The average Bonchev–Trinajstić information content (AvgIpc) is 2.83. The highest BCUT2D eigenvalue weighted by Crippen LogP contribution is 2.34. The molecular formula is C25H23Cl2N3O4S. The Hall–Kier alpha value is -3.33. The van der Waals surface area contributed by atoms with Crippen LogP contribution in [0.5, 0.6) is 0 Å². The van der Waals surface area contributed by atoms with Gasteiger partial charge >= 0.3 is 0 Å². The maximum Gasteiger partial charge on any atom is 0.255 e. The molecule has 0 bridgehead atoms. The van der Waals surface area contributed by atoms with Crippen LogP contribution in [0.3, 0.4) is 0 Å². The van der Waals surface area contributed by atoms with Crippen molar-refractivity contribution in [3.05, 3.63) is 106 Å². The molecule has 0 atom stereocenters. The molecule has 2 amide bonds. The van der Waals surface area contributed by atoms with Gasteiger partial charge in [0.1, 0.15) is 0 Å². The van der Waals surface area contributed by atoms with Crippen molar-refractivity contribution in [2.24, 2.45) is 0 Å². The Morgan fingerprint density at radius 3 is 2.31 bits per heavy atom. The molecule has 0 saturated carbocycles. The van der Waals surface area contributed by atoms with E-state index in [9.17, 15) is 18.0 Å². The second-order valence-corrected chi connectivity index (χ2v) is 10.2. The fourth-order valence-corrected chi connectivity index (χ4v) is 4.58. The third kappa shape index (κ3) is 6.63. The molecule has 10 heteroatoms. The molecule has 7 nitrogen and oxygen atoms in total. The average molecular weight is 532 g/mol. The van der Waals surface area contributed by atoms with Gasteiger partial charge in [0.05, 0.1) is 39.8 Å². The first kappa shape index (κ1) is 26.3. The Balaban J connectivity index is 1.79. The van der Waals surface area contributed by atoms with Gasteiger partial charge in [-0.2, -0.15) is 0 Å². The molecule has 3 aromatic rings. The summed E-state index contributed by atoms with van der Waals surface area (Å²) in [4.78, 5) is 25.2. The van der Waals surface area contributed by atoms with E-state index in [1.54, 1.807) is 72.8 Å². The SMILES string of the molecule is C=CCNC(=O)c1ccccc1NC(=O)c1ccc(CN(c2cccc(Cl)c2Cl)S(C)(=O)=O)cc1. The molecule has 0 saturated heterocycles. The number of carbonyl (C=O) groups is 2. The van der Waals surface area contributed by atoms with Gasteiger partial charge in [0.2, 0.25) is 10.0 Å². The summed E-state index contributed by atoms with van der Waals surface area (Å²) in [6, 6.07) is 17.9. The largest absolute Gasteiger partial charge is 0.349 e. The summed E-state index contributed by atoms with van der Waals surface area (Å²) in [7, 11) is -3.68. The van der Waals surface area contributed by atoms with Gasteiger partial charge in [0, 0.05) is 12.1 Å². The van der Waals surface area contributed by atoms with Crippen molar-refractivity contribution < 1.29 is 18.0 Å². The number of benzene rings is 3. The lowest BCUT2D eigenvalue weighted by molar-refractivity contribution is 0.0959. The lowest BCUT2D eigenvalue weighted by Gasteiger charge is -2.24. The molecule has 0 heterocycles. The van der Waals surface area contributed by atoms with Gasteiger partial charge < -0.3 is 10.6 Å². The minimum Gasteiger partial charge on any atom is -0.349 e. The van der Waals surface area contributed by atoms with Crippen molar-refractivity contribution in [3.8, 4) is 0 Å². The van der Waals surface area contributed by atoms with Crippen LogP contribution in [-0.4, -0.2) is 33.0 Å². The van der Waals surface area contributed by atoms with Gasteiger partial charge in [-0.25, -0.2) is 8.42 Å². The number of sulfonamides is 1. The number of hydrogen-bond acceptors (Lipinski definition) is 4. The molecule has 3 rings (SSSR count). The summed E-state index contributed by atoms with van der Waals surface area (Å²) >= 11 is 12.3. The van der Waals surface area contributed by atoms with Crippen LogP contribution in [0.1, 0.15) is 26.3 Å². The first-order valence-electron chi connectivity index (χ1n) is 10.4. The molecule has 2 N–H and O–H groups in total.